The molecule has 0 aliphatic carbocycles. The average Bonchev–Trinajstić information content (AvgIpc) is 2.21. The number of rotatable bonds is 4. The Morgan fingerprint density at radius 2 is 2.07 bits per heavy atom. The van der Waals surface area contributed by atoms with Crippen LogP contribution in [0.5, 0.6) is 11.5 Å². The summed E-state index contributed by atoms with van der Waals surface area (Å²) < 4.78 is 5.19. The summed E-state index contributed by atoms with van der Waals surface area (Å²) in [6.45, 7) is 1.92. The zero-order valence-corrected chi connectivity index (χ0v) is 7.99. The number of amides is 1. The minimum atomic E-state index is -0.0521. The molecule has 0 bridgehead atoms. The fourth-order valence-corrected chi connectivity index (χ4v) is 0.867. The van der Waals surface area contributed by atoms with Crippen molar-refractivity contribution in [3.63, 3.8) is 0 Å². The number of carbonyl (C=O) groups excluding carboxylic acids is 1. The Hall–Kier alpha value is -1.71. The van der Waals surface area contributed by atoms with E-state index in [4.69, 9.17) is 9.84 Å². The molecular formula is C10H13NO3. The molecule has 76 valence electrons. The minimum absolute atomic E-state index is 0.0521. The number of carbonyl (C=O) groups is 1. The van der Waals surface area contributed by atoms with E-state index in [9.17, 15) is 4.79 Å². The largest absolute Gasteiger partial charge is 0.508 e. The maximum Gasteiger partial charge on any atom is 0.222 e. The van der Waals surface area contributed by atoms with E-state index in [1.54, 1.807) is 19.1 Å². The van der Waals surface area contributed by atoms with Crippen molar-refractivity contribution in [1.82, 2.24) is 5.32 Å². The second-order valence-electron chi connectivity index (χ2n) is 2.74. The average molecular weight is 195 g/mol. The molecule has 0 aromatic heterocycles. The molecule has 0 fully saturated rings. The number of aromatic hydroxyl groups is 1. The number of ether oxygens (including phenoxy) is 1. The number of benzene rings is 1. The first-order valence-electron chi connectivity index (χ1n) is 4.41. The van der Waals surface area contributed by atoms with Gasteiger partial charge in [0.25, 0.3) is 0 Å². The summed E-state index contributed by atoms with van der Waals surface area (Å²) >= 11 is 0. The Morgan fingerprint density at radius 1 is 1.43 bits per heavy atom. The molecule has 1 aromatic rings. The van der Waals surface area contributed by atoms with Crippen molar-refractivity contribution in [2.24, 2.45) is 0 Å². The van der Waals surface area contributed by atoms with Crippen LogP contribution in [-0.4, -0.2) is 17.7 Å². The molecule has 0 atom stereocenters. The predicted molar refractivity (Wildman–Crippen MR) is 52.0 cm³/mol. The smallest absolute Gasteiger partial charge is 0.222 e. The third-order valence-corrected chi connectivity index (χ3v) is 1.67. The van der Waals surface area contributed by atoms with Gasteiger partial charge in [-0.05, 0) is 24.3 Å². The number of phenolic OH excluding ortho intramolecular Hbond substituents is 1. The molecule has 4 nitrogen and oxygen atoms in total. The zero-order chi connectivity index (χ0) is 10.4. The van der Waals surface area contributed by atoms with Crippen molar-refractivity contribution in [3.05, 3.63) is 24.3 Å². The van der Waals surface area contributed by atoms with Crippen LogP contribution in [-0.2, 0) is 4.79 Å². The van der Waals surface area contributed by atoms with Gasteiger partial charge >= 0.3 is 0 Å². The fourth-order valence-electron chi connectivity index (χ4n) is 0.867. The van der Waals surface area contributed by atoms with Crippen molar-refractivity contribution in [1.29, 1.82) is 0 Å². The second-order valence-corrected chi connectivity index (χ2v) is 2.74. The summed E-state index contributed by atoms with van der Waals surface area (Å²) in [5, 5.41) is 11.6. The molecule has 0 saturated heterocycles. The molecule has 0 aliphatic rings. The van der Waals surface area contributed by atoms with Gasteiger partial charge in [-0.25, -0.2) is 0 Å². The summed E-state index contributed by atoms with van der Waals surface area (Å²) in [6.07, 6.45) is 0.443. The Morgan fingerprint density at radius 3 is 2.64 bits per heavy atom. The molecule has 1 amide bonds. The topological polar surface area (TPSA) is 58.6 Å². The van der Waals surface area contributed by atoms with Crippen LogP contribution >= 0.6 is 0 Å². The van der Waals surface area contributed by atoms with E-state index in [0.29, 0.717) is 12.2 Å². The Balaban J connectivity index is 2.31. The molecule has 0 heterocycles. The van der Waals surface area contributed by atoms with Gasteiger partial charge in [0.2, 0.25) is 5.91 Å². The van der Waals surface area contributed by atoms with Gasteiger partial charge in [0.1, 0.15) is 11.5 Å². The second kappa shape index (κ2) is 5.11. The van der Waals surface area contributed by atoms with Crippen LogP contribution in [0.4, 0.5) is 0 Å². The van der Waals surface area contributed by atoms with Crippen LogP contribution < -0.4 is 10.1 Å². The third-order valence-electron chi connectivity index (χ3n) is 1.67. The summed E-state index contributed by atoms with van der Waals surface area (Å²) in [5.74, 6) is 0.748. The van der Waals surface area contributed by atoms with Crippen LogP contribution in [0.25, 0.3) is 0 Å². The lowest BCUT2D eigenvalue weighted by molar-refractivity contribution is -0.121. The maximum atomic E-state index is 10.8. The lowest BCUT2D eigenvalue weighted by Gasteiger charge is -2.06. The summed E-state index contributed by atoms with van der Waals surface area (Å²) in [6, 6.07) is 6.31. The Kier molecular flexibility index (Phi) is 3.79. The quantitative estimate of drug-likeness (QED) is 0.711. The minimum Gasteiger partial charge on any atom is -0.508 e. The van der Waals surface area contributed by atoms with Crippen molar-refractivity contribution < 1.29 is 14.6 Å². The Bertz CT molecular complexity index is 295. The highest BCUT2D eigenvalue weighted by Crippen LogP contribution is 2.15. The lowest BCUT2D eigenvalue weighted by Crippen LogP contribution is -2.26. The van der Waals surface area contributed by atoms with Crippen molar-refractivity contribution >= 4 is 5.91 Å². The first kappa shape index (κ1) is 10.4. The van der Waals surface area contributed by atoms with E-state index in [0.717, 1.165) is 0 Å². The Labute approximate surface area is 82.5 Å². The van der Waals surface area contributed by atoms with Gasteiger partial charge in [-0.1, -0.05) is 6.92 Å². The van der Waals surface area contributed by atoms with Gasteiger partial charge in [0.05, 0.1) is 0 Å². The molecule has 0 unspecified atom stereocenters. The van der Waals surface area contributed by atoms with Gasteiger partial charge < -0.3 is 15.2 Å². The molecule has 4 heteroatoms. The monoisotopic (exact) mass is 195 g/mol. The highest BCUT2D eigenvalue weighted by Gasteiger charge is 1.96. The summed E-state index contributed by atoms with van der Waals surface area (Å²) in [4.78, 5) is 10.8. The lowest BCUT2D eigenvalue weighted by atomic mass is 10.3. The van der Waals surface area contributed by atoms with Gasteiger partial charge in [0, 0.05) is 6.42 Å². The van der Waals surface area contributed by atoms with E-state index < -0.39 is 0 Å². The summed E-state index contributed by atoms with van der Waals surface area (Å²) in [5.41, 5.74) is 0. The molecule has 0 spiro atoms. The molecule has 0 saturated carbocycles. The van der Waals surface area contributed by atoms with Gasteiger partial charge in [-0.15, -0.1) is 0 Å². The highest BCUT2D eigenvalue weighted by molar-refractivity contribution is 5.75. The van der Waals surface area contributed by atoms with Crippen LogP contribution in [0, 0.1) is 0 Å². The zero-order valence-electron chi connectivity index (χ0n) is 7.99. The maximum absolute atomic E-state index is 10.8. The van der Waals surface area contributed by atoms with E-state index >= 15 is 0 Å². The van der Waals surface area contributed by atoms with Crippen LogP contribution in [0.2, 0.25) is 0 Å². The molecule has 0 aliphatic heterocycles. The number of nitrogens with one attached hydrogen (secondary N) is 1. The molecule has 0 radical (unpaired) electrons. The van der Waals surface area contributed by atoms with Crippen LogP contribution in [0.1, 0.15) is 13.3 Å². The number of hydrogen-bond donors (Lipinski definition) is 2. The first-order chi connectivity index (χ1) is 6.72. The van der Waals surface area contributed by atoms with Gasteiger partial charge in [0.15, 0.2) is 6.73 Å². The molecule has 2 N–H and O–H groups in total. The van der Waals surface area contributed by atoms with E-state index in [1.165, 1.54) is 12.1 Å². The first-order valence-corrected chi connectivity index (χ1v) is 4.41. The fraction of sp³-hybridized carbons (Fsp3) is 0.300. The third kappa shape index (κ3) is 3.35. The van der Waals surface area contributed by atoms with Crippen molar-refractivity contribution in [2.45, 2.75) is 13.3 Å². The SMILES string of the molecule is CCC(=O)NCOc1ccc(O)cc1. The van der Waals surface area contributed by atoms with Crippen LogP contribution in [0.3, 0.4) is 0 Å². The number of hydrogen-bond acceptors (Lipinski definition) is 3. The molecular weight excluding hydrogens is 182 g/mol. The van der Waals surface area contributed by atoms with Crippen molar-refractivity contribution in [2.75, 3.05) is 6.73 Å². The van der Waals surface area contributed by atoms with E-state index in [2.05, 4.69) is 5.32 Å². The normalized spacial score (nSPS) is 9.50. The molecule has 1 rings (SSSR count). The van der Waals surface area contributed by atoms with Crippen molar-refractivity contribution in [3.8, 4) is 11.5 Å². The molecule has 14 heavy (non-hydrogen) atoms. The van der Waals surface area contributed by atoms with E-state index in [1.807, 2.05) is 0 Å². The summed E-state index contributed by atoms with van der Waals surface area (Å²) in [7, 11) is 0. The predicted octanol–water partition coefficient (Wildman–Crippen LogP) is 1.25. The standard InChI is InChI=1S/C10H13NO3/c1-2-10(13)11-7-14-9-5-3-8(12)4-6-9/h3-6,12H,2,7H2,1H3,(H,11,13). The van der Waals surface area contributed by atoms with Gasteiger partial charge in [-0.3, -0.25) is 4.79 Å². The molecule has 1 aromatic carbocycles. The highest BCUT2D eigenvalue weighted by atomic mass is 16.5. The number of phenols is 1. The van der Waals surface area contributed by atoms with Crippen LogP contribution in [0.15, 0.2) is 24.3 Å². The van der Waals surface area contributed by atoms with Gasteiger partial charge in [-0.2, -0.15) is 0 Å². The van der Waals surface area contributed by atoms with E-state index in [-0.39, 0.29) is 18.4 Å².